The molecule has 0 aliphatic heterocycles. The van der Waals surface area contributed by atoms with Crippen LogP contribution in [0.2, 0.25) is 5.02 Å². The van der Waals surface area contributed by atoms with Crippen LogP contribution in [-0.4, -0.2) is 27.0 Å². The number of anilines is 1. The molecule has 0 radical (unpaired) electrons. The monoisotopic (exact) mass is 531 g/mol. The highest BCUT2D eigenvalue weighted by molar-refractivity contribution is 8.03. The van der Waals surface area contributed by atoms with Crippen molar-refractivity contribution in [2.75, 3.05) is 11.1 Å². The number of carbonyl (C=O) groups is 1. The van der Waals surface area contributed by atoms with Gasteiger partial charge < -0.3 is 5.32 Å². The summed E-state index contributed by atoms with van der Waals surface area (Å²) in [5.41, 5.74) is 7.27. The van der Waals surface area contributed by atoms with Gasteiger partial charge in [-0.2, -0.15) is 0 Å². The third kappa shape index (κ3) is 7.05. The normalized spacial score (nSPS) is 10.7. The van der Waals surface area contributed by atoms with E-state index in [0.29, 0.717) is 5.02 Å². The molecule has 3 aromatic carbocycles. The Balaban J connectivity index is 1.20. The van der Waals surface area contributed by atoms with Crippen LogP contribution in [-0.2, 0) is 10.5 Å². The van der Waals surface area contributed by atoms with Crippen molar-refractivity contribution in [3.8, 4) is 0 Å². The molecule has 0 saturated carbocycles. The molecule has 0 aliphatic carbocycles. The van der Waals surface area contributed by atoms with E-state index in [4.69, 9.17) is 23.8 Å². The second kappa shape index (κ2) is 11.7. The number of amides is 1. The fraction of sp³-hybridized carbons (Fsp3) is 0.0909. The van der Waals surface area contributed by atoms with Gasteiger partial charge in [-0.25, -0.2) is 0 Å². The van der Waals surface area contributed by atoms with Crippen LogP contribution < -0.4 is 16.2 Å². The zero-order chi connectivity index (χ0) is 23.0. The third-order valence-electron chi connectivity index (χ3n) is 4.36. The Morgan fingerprint density at radius 3 is 2.48 bits per heavy atom. The fourth-order valence-corrected chi connectivity index (χ4v) is 5.98. The number of benzene rings is 3. The maximum absolute atomic E-state index is 12.1. The summed E-state index contributed by atoms with van der Waals surface area (Å²) < 4.78 is 1.62. The number of hydrogen-bond acceptors (Lipinski definition) is 7. The van der Waals surface area contributed by atoms with E-state index in [-0.39, 0.29) is 16.8 Å². The summed E-state index contributed by atoms with van der Waals surface area (Å²) >= 11 is 15.5. The number of hydrogen-bond donors (Lipinski definition) is 3. The zero-order valence-corrected chi connectivity index (χ0v) is 21.1. The number of rotatable bonds is 7. The van der Waals surface area contributed by atoms with Crippen LogP contribution in [0, 0.1) is 0 Å². The van der Waals surface area contributed by atoms with Crippen molar-refractivity contribution >= 4 is 86.2 Å². The molecule has 3 N–H and O–H groups in total. The average molecular weight is 532 g/mol. The number of halogens is 1. The number of nitrogens with zero attached hydrogens (tertiary/aromatic N) is 2. The van der Waals surface area contributed by atoms with Gasteiger partial charge in [0.15, 0.2) is 13.8 Å². The standard InChI is InChI=1S/C22H18ClN5OS4/c23-16-8-10-17(11-9-16)24-20(30)26-25-19(29)13-32-22-28-27-21(33-22)31-12-15-6-3-5-14-4-1-2-7-18(14)15/h1-11H,12-13H2,(H,25,29)(H2,24,26,30). The second-order valence-electron chi connectivity index (χ2n) is 6.68. The minimum Gasteiger partial charge on any atom is -0.331 e. The van der Waals surface area contributed by atoms with E-state index in [1.807, 2.05) is 6.07 Å². The van der Waals surface area contributed by atoms with Gasteiger partial charge in [-0.05, 0) is 52.8 Å². The number of nitrogens with one attached hydrogen (secondary N) is 3. The van der Waals surface area contributed by atoms with Crippen molar-refractivity contribution in [3.63, 3.8) is 0 Å². The van der Waals surface area contributed by atoms with E-state index >= 15 is 0 Å². The number of carbonyl (C=O) groups excluding carboxylic acids is 1. The molecule has 1 aromatic heterocycles. The summed E-state index contributed by atoms with van der Waals surface area (Å²) in [6, 6.07) is 21.7. The van der Waals surface area contributed by atoms with Crippen LogP contribution >= 0.6 is 58.7 Å². The topological polar surface area (TPSA) is 78.9 Å². The van der Waals surface area contributed by atoms with Crippen molar-refractivity contribution in [2.24, 2.45) is 0 Å². The van der Waals surface area contributed by atoms with Gasteiger partial charge in [-0.3, -0.25) is 15.6 Å². The molecule has 0 saturated heterocycles. The molecule has 4 rings (SSSR count). The molecule has 4 aromatic rings. The van der Waals surface area contributed by atoms with Crippen LogP contribution in [0.3, 0.4) is 0 Å². The van der Waals surface area contributed by atoms with E-state index in [1.165, 1.54) is 39.4 Å². The molecule has 0 fully saturated rings. The Morgan fingerprint density at radius 1 is 0.939 bits per heavy atom. The fourth-order valence-electron chi connectivity index (χ4n) is 2.86. The van der Waals surface area contributed by atoms with Gasteiger partial charge in [-0.15, -0.1) is 10.2 Å². The summed E-state index contributed by atoms with van der Waals surface area (Å²) in [7, 11) is 0. The Labute approximate surface area is 213 Å². The van der Waals surface area contributed by atoms with Gasteiger partial charge in [0.1, 0.15) is 0 Å². The molecule has 1 amide bonds. The molecule has 0 bridgehead atoms. The summed E-state index contributed by atoms with van der Waals surface area (Å²) in [4.78, 5) is 12.1. The minimum atomic E-state index is -0.222. The highest BCUT2D eigenvalue weighted by Crippen LogP contribution is 2.32. The number of thiocarbonyl (C=S) groups is 1. The lowest BCUT2D eigenvalue weighted by Gasteiger charge is -2.11. The molecule has 0 spiro atoms. The predicted molar refractivity (Wildman–Crippen MR) is 143 cm³/mol. The Kier molecular flexibility index (Phi) is 8.40. The third-order valence-corrected chi connectivity index (χ3v) is 8.06. The Morgan fingerprint density at radius 2 is 1.67 bits per heavy atom. The maximum atomic E-state index is 12.1. The molecular weight excluding hydrogens is 514 g/mol. The van der Waals surface area contributed by atoms with Gasteiger partial charge in [0, 0.05) is 16.5 Å². The number of thioether (sulfide) groups is 2. The summed E-state index contributed by atoms with van der Waals surface area (Å²) in [6.07, 6.45) is 0. The Bertz CT molecular complexity index is 1260. The predicted octanol–water partition coefficient (Wildman–Crippen LogP) is 5.75. The van der Waals surface area contributed by atoms with Crippen molar-refractivity contribution in [2.45, 2.75) is 14.4 Å². The van der Waals surface area contributed by atoms with Crippen molar-refractivity contribution < 1.29 is 4.79 Å². The second-order valence-corrected chi connectivity index (χ2v) is 11.0. The zero-order valence-electron chi connectivity index (χ0n) is 17.1. The van der Waals surface area contributed by atoms with E-state index in [2.05, 4.69) is 62.8 Å². The van der Waals surface area contributed by atoms with E-state index < -0.39 is 0 Å². The van der Waals surface area contributed by atoms with Crippen LogP contribution in [0.1, 0.15) is 5.56 Å². The van der Waals surface area contributed by atoms with Gasteiger partial charge in [0.25, 0.3) is 0 Å². The molecular formula is C22H18ClN5OS4. The summed E-state index contributed by atoms with van der Waals surface area (Å²) in [6.45, 7) is 0. The first-order valence-electron chi connectivity index (χ1n) is 9.74. The smallest absolute Gasteiger partial charge is 0.248 e. The molecule has 168 valence electrons. The molecule has 0 atom stereocenters. The summed E-state index contributed by atoms with van der Waals surface area (Å²) in [5.74, 6) is 0.780. The lowest BCUT2D eigenvalue weighted by Crippen LogP contribution is -2.44. The van der Waals surface area contributed by atoms with E-state index in [1.54, 1.807) is 36.0 Å². The lowest BCUT2D eigenvalue weighted by molar-refractivity contribution is -0.119. The highest BCUT2D eigenvalue weighted by Gasteiger charge is 2.10. The number of fused-ring (bicyclic) bond motifs is 1. The van der Waals surface area contributed by atoms with Gasteiger partial charge in [-0.1, -0.05) is 88.9 Å². The molecule has 0 aliphatic rings. The van der Waals surface area contributed by atoms with Crippen LogP contribution in [0.25, 0.3) is 10.8 Å². The molecule has 11 heteroatoms. The first kappa shape index (κ1) is 23.8. The molecule has 0 unspecified atom stereocenters. The van der Waals surface area contributed by atoms with E-state index in [9.17, 15) is 4.79 Å². The van der Waals surface area contributed by atoms with Crippen LogP contribution in [0.15, 0.2) is 75.4 Å². The van der Waals surface area contributed by atoms with Crippen molar-refractivity contribution in [1.29, 1.82) is 0 Å². The Hall–Kier alpha value is -2.37. The first-order chi connectivity index (χ1) is 16.1. The van der Waals surface area contributed by atoms with Gasteiger partial charge in [0.2, 0.25) is 5.91 Å². The van der Waals surface area contributed by atoms with Gasteiger partial charge in [0.05, 0.1) is 5.75 Å². The molecule has 6 nitrogen and oxygen atoms in total. The molecule has 33 heavy (non-hydrogen) atoms. The largest absolute Gasteiger partial charge is 0.331 e. The first-order valence-corrected chi connectivity index (χ1v) is 13.3. The van der Waals surface area contributed by atoms with Crippen LogP contribution in [0.5, 0.6) is 0 Å². The minimum absolute atomic E-state index is 0.194. The summed E-state index contributed by atoms with van der Waals surface area (Å²) in [5, 5.41) is 14.8. The van der Waals surface area contributed by atoms with Crippen molar-refractivity contribution in [3.05, 3.63) is 77.3 Å². The number of aromatic nitrogens is 2. The average Bonchev–Trinajstić information content (AvgIpc) is 3.29. The number of hydrazine groups is 1. The molecule has 1 heterocycles. The van der Waals surface area contributed by atoms with E-state index in [0.717, 1.165) is 20.1 Å². The SMILES string of the molecule is O=C(CSc1nnc(SCc2cccc3ccccc23)s1)NNC(=S)Nc1ccc(Cl)cc1. The van der Waals surface area contributed by atoms with Crippen LogP contribution in [0.4, 0.5) is 5.69 Å². The quantitative estimate of drug-likeness (QED) is 0.158. The maximum Gasteiger partial charge on any atom is 0.248 e. The highest BCUT2D eigenvalue weighted by atomic mass is 35.5. The van der Waals surface area contributed by atoms with Gasteiger partial charge >= 0.3 is 0 Å². The lowest BCUT2D eigenvalue weighted by atomic mass is 10.1. The van der Waals surface area contributed by atoms with Crippen molar-refractivity contribution in [1.82, 2.24) is 21.0 Å².